The van der Waals surface area contributed by atoms with E-state index in [2.05, 4.69) is 59.0 Å². The van der Waals surface area contributed by atoms with Gasteiger partial charge in [0.15, 0.2) is 6.23 Å². The standard InChI is InChI=1S/C25H29N3O/c1-17-11-19-13-26-28(24-9-5-6-10-29-24)23(19)12-20(17)25-21-15-27(16-22(21)25)14-18-7-3-2-4-8-18/h2-4,7-8,11-13,21-22,24-25H,5-6,9-10,14-16H2,1H3. The summed E-state index contributed by atoms with van der Waals surface area (Å²) in [5.74, 6) is 2.36. The van der Waals surface area contributed by atoms with Crippen LogP contribution < -0.4 is 0 Å². The molecule has 2 saturated heterocycles. The third-order valence-electron chi connectivity index (χ3n) is 7.29. The Hall–Kier alpha value is -2.17. The van der Waals surface area contributed by atoms with Crippen molar-refractivity contribution < 1.29 is 4.74 Å². The number of nitrogens with zero attached hydrogens (tertiary/aromatic N) is 3. The topological polar surface area (TPSA) is 30.3 Å². The smallest absolute Gasteiger partial charge is 0.150 e. The zero-order chi connectivity index (χ0) is 19.4. The highest BCUT2D eigenvalue weighted by atomic mass is 16.5. The lowest BCUT2D eigenvalue weighted by molar-refractivity contribution is -0.0366. The molecule has 3 aliphatic rings. The van der Waals surface area contributed by atoms with Crippen LogP contribution in [0.3, 0.4) is 0 Å². The summed E-state index contributed by atoms with van der Waals surface area (Å²) < 4.78 is 8.15. The first-order valence-corrected chi connectivity index (χ1v) is 11.1. The first-order valence-electron chi connectivity index (χ1n) is 11.1. The molecule has 4 nitrogen and oxygen atoms in total. The largest absolute Gasteiger partial charge is 0.356 e. The second-order valence-corrected chi connectivity index (χ2v) is 9.21. The quantitative estimate of drug-likeness (QED) is 0.639. The molecule has 0 spiro atoms. The molecule has 0 amide bonds. The molecule has 3 heterocycles. The lowest BCUT2D eigenvalue weighted by atomic mass is 9.99. The average Bonchev–Trinajstić information content (AvgIpc) is 3.07. The monoisotopic (exact) mass is 387 g/mol. The molecule has 3 aromatic rings. The van der Waals surface area contributed by atoms with Crippen molar-refractivity contribution in [3.8, 4) is 0 Å². The van der Waals surface area contributed by atoms with E-state index in [1.165, 1.54) is 48.0 Å². The van der Waals surface area contributed by atoms with E-state index in [1.54, 1.807) is 5.56 Å². The van der Waals surface area contributed by atoms with Gasteiger partial charge in [0.2, 0.25) is 0 Å². The van der Waals surface area contributed by atoms with Crippen molar-refractivity contribution in [3.05, 3.63) is 65.4 Å². The molecule has 1 aliphatic carbocycles. The van der Waals surface area contributed by atoms with Gasteiger partial charge in [-0.2, -0.15) is 5.10 Å². The van der Waals surface area contributed by atoms with Gasteiger partial charge in [-0.15, -0.1) is 0 Å². The maximum Gasteiger partial charge on any atom is 0.150 e. The Morgan fingerprint density at radius 3 is 2.66 bits per heavy atom. The fourth-order valence-corrected chi connectivity index (χ4v) is 5.77. The molecule has 0 bridgehead atoms. The number of aromatic nitrogens is 2. The first kappa shape index (κ1) is 17.7. The van der Waals surface area contributed by atoms with Crippen LogP contribution in [0.2, 0.25) is 0 Å². The van der Waals surface area contributed by atoms with Gasteiger partial charge in [0, 0.05) is 31.6 Å². The molecule has 2 aromatic carbocycles. The van der Waals surface area contributed by atoms with Gasteiger partial charge in [0.1, 0.15) is 0 Å². The van der Waals surface area contributed by atoms with Gasteiger partial charge in [-0.3, -0.25) is 4.90 Å². The molecule has 150 valence electrons. The van der Waals surface area contributed by atoms with Crippen molar-refractivity contribution in [1.29, 1.82) is 0 Å². The van der Waals surface area contributed by atoms with Crippen molar-refractivity contribution in [2.45, 2.75) is 44.9 Å². The highest BCUT2D eigenvalue weighted by molar-refractivity contribution is 5.81. The summed E-state index contributed by atoms with van der Waals surface area (Å²) in [4.78, 5) is 2.63. The van der Waals surface area contributed by atoms with Crippen LogP contribution in [-0.4, -0.2) is 34.4 Å². The zero-order valence-electron chi connectivity index (χ0n) is 17.1. The van der Waals surface area contributed by atoms with Crippen LogP contribution in [0.1, 0.15) is 48.1 Å². The Morgan fingerprint density at radius 2 is 1.90 bits per heavy atom. The summed E-state index contributed by atoms with van der Waals surface area (Å²) >= 11 is 0. The highest BCUT2D eigenvalue weighted by Gasteiger charge is 2.56. The van der Waals surface area contributed by atoms with Gasteiger partial charge in [-0.1, -0.05) is 30.3 Å². The SMILES string of the molecule is Cc1cc2cnn(C3CCCCO3)c2cc1C1C2CN(Cc3ccccc3)CC21. The maximum absolute atomic E-state index is 6.02. The summed E-state index contributed by atoms with van der Waals surface area (Å²) in [5.41, 5.74) is 5.66. The van der Waals surface area contributed by atoms with Crippen LogP contribution in [0.25, 0.3) is 10.9 Å². The number of ether oxygens (including phenoxy) is 1. The second-order valence-electron chi connectivity index (χ2n) is 9.21. The Bertz CT molecular complexity index is 1010. The average molecular weight is 388 g/mol. The second kappa shape index (κ2) is 6.96. The van der Waals surface area contributed by atoms with Crippen molar-refractivity contribution in [1.82, 2.24) is 14.7 Å². The summed E-state index contributed by atoms with van der Waals surface area (Å²) in [5, 5.41) is 5.94. The van der Waals surface area contributed by atoms with Gasteiger partial charge < -0.3 is 4.74 Å². The molecule has 3 unspecified atom stereocenters. The van der Waals surface area contributed by atoms with E-state index in [-0.39, 0.29) is 6.23 Å². The Kier molecular flexibility index (Phi) is 4.24. The van der Waals surface area contributed by atoms with Gasteiger partial charge in [0.25, 0.3) is 0 Å². The third kappa shape index (κ3) is 3.10. The molecular weight excluding hydrogens is 358 g/mol. The van der Waals surface area contributed by atoms with E-state index in [0.717, 1.165) is 37.3 Å². The van der Waals surface area contributed by atoms with Crippen molar-refractivity contribution >= 4 is 10.9 Å². The number of fused-ring (bicyclic) bond motifs is 2. The number of benzene rings is 2. The highest BCUT2D eigenvalue weighted by Crippen LogP contribution is 2.59. The van der Waals surface area contributed by atoms with Crippen LogP contribution in [0.4, 0.5) is 0 Å². The molecule has 6 rings (SSSR count). The van der Waals surface area contributed by atoms with Gasteiger partial charge in [-0.05, 0) is 72.8 Å². The minimum Gasteiger partial charge on any atom is -0.356 e. The summed E-state index contributed by atoms with van der Waals surface area (Å²) in [7, 11) is 0. The van der Waals surface area contributed by atoms with Crippen LogP contribution in [0.15, 0.2) is 48.7 Å². The predicted molar refractivity (Wildman–Crippen MR) is 115 cm³/mol. The third-order valence-corrected chi connectivity index (χ3v) is 7.29. The predicted octanol–water partition coefficient (Wildman–Crippen LogP) is 4.89. The van der Waals surface area contributed by atoms with Crippen LogP contribution >= 0.6 is 0 Å². The fourth-order valence-electron chi connectivity index (χ4n) is 5.77. The van der Waals surface area contributed by atoms with Crippen LogP contribution in [0, 0.1) is 18.8 Å². The molecule has 29 heavy (non-hydrogen) atoms. The molecule has 2 aliphatic heterocycles. The summed E-state index contributed by atoms with van der Waals surface area (Å²) in [6.07, 6.45) is 5.60. The molecule has 3 atom stereocenters. The number of likely N-dealkylation sites (tertiary alicyclic amines) is 1. The lowest BCUT2D eigenvalue weighted by Gasteiger charge is -2.24. The van der Waals surface area contributed by atoms with Crippen molar-refractivity contribution in [2.24, 2.45) is 11.8 Å². The van der Waals surface area contributed by atoms with Gasteiger partial charge in [0.05, 0.1) is 11.7 Å². The lowest BCUT2D eigenvalue weighted by Crippen LogP contribution is -2.23. The maximum atomic E-state index is 6.02. The molecular formula is C25H29N3O. The first-order chi connectivity index (χ1) is 14.3. The minimum atomic E-state index is 0.108. The van der Waals surface area contributed by atoms with E-state index in [1.807, 2.05) is 6.20 Å². The van der Waals surface area contributed by atoms with E-state index < -0.39 is 0 Å². The normalized spacial score (nSPS) is 29.3. The summed E-state index contributed by atoms with van der Waals surface area (Å²) in [6.45, 7) is 6.68. The molecule has 1 aromatic heterocycles. The molecule has 1 saturated carbocycles. The van der Waals surface area contributed by atoms with E-state index in [9.17, 15) is 0 Å². The number of piperidine rings is 1. The Labute approximate surface area is 172 Å². The number of aryl methyl sites for hydroxylation is 1. The summed E-state index contributed by atoms with van der Waals surface area (Å²) in [6, 6.07) is 15.7. The molecule has 0 radical (unpaired) electrons. The minimum absolute atomic E-state index is 0.108. The molecule has 3 fully saturated rings. The fraction of sp³-hybridized carbons (Fsp3) is 0.480. The van der Waals surface area contributed by atoms with Crippen molar-refractivity contribution in [3.63, 3.8) is 0 Å². The van der Waals surface area contributed by atoms with E-state index in [4.69, 9.17) is 9.84 Å². The molecule has 4 heteroatoms. The van der Waals surface area contributed by atoms with E-state index in [0.29, 0.717) is 0 Å². The van der Waals surface area contributed by atoms with E-state index >= 15 is 0 Å². The Morgan fingerprint density at radius 1 is 1.07 bits per heavy atom. The number of hydrogen-bond donors (Lipinski definition) is 0. The number of hydrogen-bond acceptors (Lipinski definition) is 3. The zero-order valence-corrected chi connectivity index (χ0v) is 17.1. The van der Waals surface area contributed by atoms with Crippen LogP contribution in [-0.2, 0) is 11.3 Å². The number of rotatable bonds is 4. The van der Waals surface area contributed by atoms with Gasteiger partial charge >= 0.3 is 0 Å². The van der Waals surface area contributed by atoms with Gasteiger partial charge in [-0.25, -0.2) is 4.68 Å². The van der Waals surface area contributed by atoms with Crippen LogP contribution in [0.5, 0.6) is 0 Å². The molecule has 0 N–H and O–H groups in total. The van der Waals surface area contributed by atoms with Crippen molar-refractivity contribution in [2.75, 3.05) is 19.7 Å². The Balaban J connectivity index is 1.22.